The number of benzene rings is 1. The number of hydrogen-bond acceptors (Lipinski definition) is 5. The second-order valence-corrected chi connectivity index (χ2v) is 5.84. The third kappa shape index (κ3) is 3.56. The second-order valence-electron chi connectivity index (χ2n) is 4.67. The molecule has 1 heterocycles. The van der Waals surface area contributed by atoms with Crippen LogP contribution in [-0.4, -0.2) is 12.1 Å². The van der Waals surface area contributed by atoms with Gasteiger partial charge in [-0.3, -0.25) is 0 Å². The van der Waals surface area contributed by atoms with E-state index in [0.717, 1.165) is 26.9 Å². The molecule has 0 saturated carbocycles. The summed E-state index contributed by atoms with van der Waals surface area (Å²) >= 11 is 1.59. The van der Waals surface area contributed by atoms with Gasteiger partial charge in [0.15, 0.2) is 0 Å². The Labute approximate surface area is 123 Å². The summed E-state index contributed by atoms with van der Waals surface area (Å²) in [6.45, 7) is 5.56. The summed E-state index contributed by atoms with van der Waals surface area (Å²) in [5.41, 5.74) is 9.00. The number of thiazole rings is 1. The van der Waals surface area contributed by atoms with E-state index in [0.29, 0.717) is 19.8 Å². The molecular formula is C15H20N2O2S. The van der Waals surface area contributed by atoms with Gasteiger partial charge < -0.3 is 15.2 Å². The van der Waals surface area contributed by atoms with Crippen molar-refractivity contribution in [1.29, 1.82) is 0 Å². The first-order chi connectivity index (χ1) is 9.63. The zero-order valence-corrected chi connectivity index (χ0v) is 12.9. The maximum Gasteiger partial charge on any atom is 0.140 e. The fraction of sp³-hybridized carbons (Fsp3) is 0.400. The highest BCUT2D eigenvalue weighted by molar-refractivity contribution is 7.11. The topological polar surface area (TPSA) is 57.4 Å². The molecule has 0 amide bonds. The fourth-order valence-corrected chi connectivity index (χ4v) is 2.87. The molecule has 4 nitrogen and oxygen atoms in total. The summed E-state index contributed by atoms with van der Waals surface area (Å²) in [6, 6.07) is 6.16. The molecule has 5 heteroatoms. The number of ether oxygens (including phenoxy) is 2. The molecule has 20 heavy (non-hydrogen) atoms. The van der Waals surface area contributed by atoms with Gasteiger partial charge in [-0.05, 0) is 25.5 Å². The summed E-state index contributed by atoms with van der Waals surface area (Å²) in [6.07, 6.45) is 0. The van der Waals surface area contributed by atoms with E-state index in [1.165, 1.54) is 5.56 Å². The van der Waals surface area contributed by atoms with Crippen LogP contribution >= 0.6 is 11.3 Å². The van der Waals surface area contributed by atoms with Crippen LogP contribution in [0.2, 0.25) is 0 Å². The van der Waals surface area contributed by atoms with Gasteiger partial charge in [0, 0.05) is 18.5 Å². The summed E-state index contributed by atoms with van der Waals surface area (Å²) < 4.78 is 11.0. The second kappa shape index (κ2) is 6.83. The molecule has 2 N–H and O–H groups in total. The average molecular weight is 292 g/mol. The summed E-state index contributed by atoms with van der Waals surface area (Å²) in [7, 11) is 1.66. The molecule has 0 bridgehead atoms. The van der Waals surface area contributed by atoms with Crippen molar-refractivity contribution in [2.24, 2.45) is 5.73 Å². The third-order valence-electron chi connectivity index (χ3n) is 2.97. The van der Waals surface area contributed by atoms with Crippen LogP contribution in [0.15, 0.2) is 18.2 Å². The van der Waals surface area contributed by atoms with Crippen LogP contribution in [-0.2, 0) is 24.5 Å². The Morgan fingerprint density at radius 2 is 2.05 bits per heavy atom. The van der Waals surface area contributed by atoms with E-state index in [2.05, 4.69) is 18.0 Å². The zero-order valence-electron chi connectivity index (χ0n) is 12.1. The van der Waals surface area contributed by atoms with Gasteiger partial charge >= 0.3 is 0 Å². The highest BCUT2D eigenvalue weighted by atomic mass is 32.1. The van der Waals surface area contributed by atoms with E-state index in [9.17, 15) is 0 Å². The molecule has 1 aromatic heterocycles. The molecule has 0 radical (unpaired) electrons. The van der Waals surface area contributed by atoms with Crippen LogP contribution in [0, 0.1) is 13.8 Å². The van der Waals surface area contributed by atoms with Crippen LogP contribution in [0.4, 0.5) is 0 Å². The lowest BCUT2D eigenvalue weighted by Gasteiger charge is -2.08. The van der Waals surface area contributed by atoms with Crippen molar-refractivity contribution in [2.75, 3.05) is 7.11 Å². The lowest BCUT2D eigenvalue weighted by molar-refractivity contribution is 0.181. The van der Waals surface area contributed by atoms with Crippen molar-refractivity contribution in [3.63, 3.8) is 0 Å². The first-order valence-electron chi connectivity index (χ1n) is 6.50. The molecule has 0 fully saturated rings. The van der Waals surface area contributed by atoms with E-state index in [-0.39, 0.29) is 0 Å². The van der Waals surface area contributed by atoms with Crippen molar-refractivity contribution in [2.45, 2.75) is 33.6 Å². The van der Waals surface area contributed by atoms with Crippen molar-refractivity contribution in [3.8, 4) is 5.75 Å². The van der Waals surface area contributed by atoms with Crippen molar-refractivity contribution >= 4 is 11.3 Å². The number of nitrogens with zero attached hydrogens (tertiary/aromatic N) is 1. The number of methoxy groups -OCH3 is 1. The SMILES string of the molecule is COCc1nc(COc2ccc(C)cc2C)sc1CN. The molecule has 2 rings (SSSR count). The first kappa shape index (κ1) is 15.0. The average Bonchev–Trinajstić information content (AvgIpc) is 2.80. The minimum atomic E-state index is 0.464. The molecule has 0 saturated heterocycles. The standard InChI is InChI=1S/C15H20N2O2S/c1-10-4-5-13(11(2)6-10)19-9-15-17-12(8-18-3)14(7-16)20-15/h4-6H,7-9,16H2,1-3H3. The highest BCUT2D eigenvalue weighted by Crippen LogP contribution is 2.23. The smallest absolute Gasteiger partial charge is 0.140 e. The Bertz CT molecular complexity index is 581. The Morgan fingerprint density at radius 3 is 2.70 bits per heavy atom. The maximum atomic E-state index is 5.84. The molecular weight excluding hydrogens is 272 g/mol. The van der Waals surface area contributed by atoms with Gasteiger partial charge in [-0.1, -0.05) is 17.7 Å². The van der Waals surface area contributed by atoms with Gasteiger partial charge in [-0.15, -0.1) is 11.3 Å². The van der Waals surface area contributed by atoms with Crippen LogP contribution in [0.5, 0.6) is 5.75 Å². The highest BCUT2D eigenvalue weighted by Gasteiger charge is 2.10. The number of hydrogen-bond donors (Lipinski definition) is 1. The van der Waals surface area contributed by atoms with Gasteiger partial charge in [0.25, 0.3) is 0 Å². The fourth-order valence-electron chi connectivity index (χ4n) is 2.01. The summed E-state index contributed by atoms with van der Waals surface area (Å²) in [5, 5.41) is 0.928. The Kier molecular flexibility index (Phi) is 5.11. The summed E-state index contributed by atoms with van der Waals surface area (Å²) in [5.74, 6) is 0.897. The molecule has 0 unspecified atom stereocenters. The Hall–Kier alpha value is -1.43. The van der Waals surface area contributed by atoms with Gasteiger partial charge in [0.1, 0.15) is 17.4 Å². The molecule has 0 aliphatic carbocycles. The minimum Gasteiger partial charge on any atom is -0.486 e. The molecule has 1 aromatic carbocycles. The molecule has 108 valence electrons. The minimum absolute atomic E-state index is 0.464. The van der Waals surface area contributed by atoms with Gasteiger partial charge in [-0.2, -0.15) is 0 Å². The van der Waals surface area contributed by atoms with E-state index >= 15 is 0 Å². The zero-order chi connectivity index (χ0) is 14.5. The third-order valence-corrected chi connectivity index (χ3v) is 4.06. The van der Waals surface area contributed by atoms with E-state index < -0.39 is 0 Å². The Morgan fingerprint density at radius 1 is 1.25 bits per heavy atom. The monoisotopic (exact) mass is 292 g/mol. The van der Waals surface area contributed by atoms with Crippen LogP contribution in [0.1, 0.15) is 26.7 Å². The van der Waals surface area contributed by atoms with Crippen LogP contribution in [0.3, 0.4) is 0 Å². The van der Waals surface area contributed by atoms with Gasteiger partial charge in [-0.25, -0.2) is 4.98 Å². The van der Waals surface area contributed by atoms with E-state index in [1.807, 2.05) is 19.1 Å². The normalized spacial score (nSPS) is 10.8. The lowest BCUT2D eigenvalue weighted by Crippen LogP contribution is -2.00. The molecule has 0 aliphatic rings. The number of aryl methyl sites for hydroxylation is 2. The molecule has 2 aromatic rings. The predicted octanol–water partition coefficient (Wildman–Crippen LogP) is 2.94. The molecule has 0 aliphatic heterocycles. The van der Waals surface area contributed by atoms with Crippen LogP contribution in [0.25, 0.3) is 0 Å². The van der Waals surface area contributed by atoms with Crippen molar-refractivity contribution < 1.29 is 9.47 Å². The number of nitrogens with two attached hydrogens (primary N) is 1. The van der Waals surface area contributed by atoms with Crippen LogP contribution < -0.4 is 10.5 Å². The van der Waals surface area contributed by atoms with E-state index in [1.54, 1.807) is 18.4 Å². The lowest BCUT2D eigenvalue weighted by atomic mass is 10.1. The largest absolute Gasteiger partial charge is 0.486 e. The first-order valence-corrected chi connectivity index (χ1v) is 7.32. The quantitative estimate of drug-likeness (QED) is 0.889. The predicted molar refractivity (Wildman–Crippen MR) is 81.0 cm³/mol. The van der Waals surface area contributed by atoms with Gasteiger partial charge in [0.2, 0.25) is 0 Å². The number of rotatable bonds is 6. The van der Waals surface area contributed by atoms with Crippen molar-refractivity contribution in [1.82, 2.24) is 4.98 Å². The number of aromatic nitrogens is 1. The van der Waals surface area contributed by atoms with E-state index in [4.69, 9.17) is 15.2 Å². The van der Waals surface area contributed by atoms with Gasteiger partial charge in [0.05, 0.1) is 12.3 Å². The molecule has 0 atom stereocenters. The molecule has 0 spiro atoms. The Balaban J connectivity index is 2.06. The summed E-state index contributed by atoms with van der Waals surface area (Å²) in [4.78, 5) is 5.58. The van der Waals surface area contributed by atoms with Crippen molar-refractivity contribution in [3.05, 3.63) is 44.9 Å². The maximum absolute atomic E-state index is 5.84.